The molecule has 1 saturated heterocycles. The Morgan fingerprint density at radius 2 is 1.60 bits per heavy atom. The average Bonchev–Trinajstić information content (AvgIpc) is 3.20. The van der Waals surface area contributed by atoms with Gasteiger partial charge in [0, 0.05) is 24.7 Å². The molecular formula is C28H32N6O. The highest BCUT2D eigenvalue weighted by Crippen LogP contribution is 2.32. The Labute approximate surface area is 206 Å². The zero-order valence-electron chi connectivity index (χ0n) is 21.1. The maximum absolute atomic E-state index is 13.1. The minimum absolute atomic E-state index is 0.0242. The Kier molecular flexibility index (Phi) is 6.01. The van der Waals surface area contributed by atoms with E-state index in [9.17, 15) is 4.79 Å². The van der Waals surface area contributed by atoms with Crippen molar-refractivity contribution in [2.24, 2.45) is 5.92 Å². The van der Waals surface area contributed by atoms with E-state index in [-0.39, 0.29) is 11.8 Å². The van der Waals surface area contributed by atoms with Crippen LogP contribution < -0.4 is 10.2 Å². The number of amides is 1. The Morgan fingerprint density at radius 1 is 0.943 bits per heavy atom. The number of aromatic nitrogens is 4. The Hall–Kier alpha value is -3.74. The molecule has 5 rings (SSSR count). The molecule has 0 unspecified atom stereocenters. The molecule has 2 aromatic heterocycles. The maximum Gasteiger partial charge on any atom is 0.227 e. The van der Waals surface area contributed by atoms with Crippen molar-refractivity contribution < 1.29 is 4.79 Å². The first-order valence-corrected chi connectivity index (χ1v) is 12.2. The molecule has 1 aliphatic heterocycles. The van der Waals surface area contributed by atoms with E-state index in [0.717, 1.165) is 76.5 Å². The molecule has 7 heteroatoms. The molecule has 1 fully saturated rings. The number of benzene rings is 2. The van der Waals surface area contributed by atoms with E-state index in [1.165, 1.54) is 5.56 Å². The number of carbonyl (C=O) groups excluding carboxylic acids is 1. The third-order valence-electron chi connectivity index (χ3n) is 7.08. The number of hydrogen-bond acceptors (Lipinski definition) is 5. The summed E-state index contributed by atoms with van der Waals surface area (Å²) in [6.45, 7) is 11.7. The van der Waals surface area contributed by atoms with Gasteiger partial charge in [-0.3, -0.25) is 4.79 Å². The minimum atomic E-state index is -0.0242. The standard InChI is InChI=1S/C28H32N6O/c1-17-15-18(2)25(19(3)16-17)29-28(35)22-11-13-33(14-12-22)27-26-24(20(4)30-31-27)21(5)34(32-26)23-9-7-6-8-10-23/h6-10,15-16,22H,11-14H2,1-5H3,(H,29,35). The van der Waals surface area contributed by atoms with Crippen LogP contribution in [0.25, 0.3) is 16.6 Å². The van der Waals surface area contributed by atoms with E-state index in [2.05, 4.69) is 72.4 Å². The number of anilines is 2. The molecule has 7 nitrogen and oxygen atoms in total. The number of aryl methyl sites for hydroxylation is 5. The fourth-order valence-electron chi connectivity index (χ4n) is 5.30. The van der Waals surface area contributed by atoms with Gasteiger partial charge >= 0.3 is 0 Å². The number of rotatable bonds is 4. The second kappa shape index (κ2) is 9.13. The lowest BCUT2D eigenvalue weighted by Gasteiger charge is -2.32. The van der Waals surface area contributed by atoms with Crippen molar-refractivity contribution in [3.63, 3.8) is 0 Å². The van der Waals surface area contributed by atoms with Crippen molar-refractivity contribution >= 4 is 28.3 Å². The number of nitrogens with zero attached hydrogens (tertiary/aromatic N) is 5. The van der Waals surface area contributed by atoms with Gasteiger partial charge in [0.2, 0.25) is 5.91 Å². The van der Waals surface area contributed by atoms with Gasteiger partial charge in [-0.25, -0.2) is 4.68 Å². The van der Waals surface area contributed by atoms with Crippen LogP contribution in [0.1, 0.15) is 40.9 Å². The summed E-state index contributed by atoms with van der Waals surface area (Å²) in [4.78, 5) is 15.3. The van der Waals surface area contributed by atoms with Crippen LogP contribution in [-0.2, 0) is 4.79 Å². The van der Waals surface area contributed by atoms with E-state index < -0.39 is 0 Å². The van der Waals surface area contributed by atoms with Crippen LogP contribution in [0.4, 0.5) is 11.5 Å². The van der Waals surface area contributed by atoms with E-state index in [1.54, 1.807) is 0 Å². The smallest absolute Gasteiger partial charge is 0.227 e. The predicted molar refractivity (Wildman–Crippen MR) is 140 cm³/mol. The quantitative estimate of drug-likeness (QED) is 0.445. The van der Waals surface area contributed by atoms with E-state index in [1.807, 2.05) is 29.8 Å². The van der Waals surface area contributed by atoms with Gasteiger partial charge in [-0.1, -0.05) is 35.9 Å². The SMILES string of the molecule is Cc1cc(C)c(NC(=O)C2CCN(c3nnc(C)c4c(C)n(-c5ccccc5)nc34)CC2)c(C)c1. The molecule has 0 spiro atoms. The second-order valence-corrected chi connectivity index (χ2v) is 9.69. The maximum atomic E-state index is 13.1. The minimum Gasteiger partial charge on any atom is -0.353 e. The van der Waals surface area contributed by atoms with Crippen LogP contribution in [0.2, 0.25) is 0 Å². The topological polar surface area (TPSA) is 75.9 Å². The van der Waals surface area contributed by atoms with E-state index >= 15 is 0 Å². The van der Waals surface area contributed by atoms with Crippen molar-refractivity contribution in [3.8, 4) is 5.69 Å². The molecule has 0 bridgehead atoms. The van der Waals surface area contributed by atoms with Crippen LogP contribution in [0.15, 0.2) is 42.5 Å². The highest BCUT2D eigenvalue weighted by molar-refractivity contribution is 5.95. The van der Waals surface area contributed by atoms with Gasteiger partial charge in [0.1, 0.15) is 5.52 Å². The third kappa shape index (κ3) is 4.27. The van der Waals surface area contributed by atoms with Crippen molar-refractivity contribution in [1.82, 2.24) is 20.0 Å². The van der Waals surface area contributed by atoms with Crippen LogP contribution >= 0.6 is 0 Å². The molecule has 1 amide bonds. The monoisotopic (exact) mass is 468 g/mol. The molecule has 4 aromatic rings. The number of fused-ring (bicyclic) bond motifs is 1. The highest BCUT2D eigenvalue weighted by Gasteiger charge is 2.29. The first-order valence-electron chi connectivity index (χ1n) is 12.2. The summed E-state index contributed by atoms with van der Waals surface area (Å²) < 4.78 is 1.97. The van der Waals surface area contributed by atoms with Crippen LogP contribution in [0.3, 0.4) is 0 Å². The summed E-state index contributed by atoms with van der Waals surface area (Å²) in [6, 6.07) is 14.4. The molecule has 0 aliphatic carbocycles. The first kappa shape index (κ1) is 23.0. The molecule has 0 atom stereocenters. The molecule has 1 aliphatic rings. The number of carbonyl (C=O) groups is 1. The second-order valence-electron chi connectivity index (χ2n) is 9.69. The summed E-state index contributed by atoms with van der Waals surface area (Å²) in [5, 5.41) is 18.2. The number of nitrogens with one attached hydrogen (secondary N) is 1. The Morgan fingerprint density at radius 3 is 2.26 bits per heavy atom. The van der Waals surface area contributed by atoms with Crippen LogP contribution in [0, 0.1) is 40.5 Å². The first-order chi connectivity index (χ1) is 16.8. The van der Waals surface area contributed by atoms with Crippen molar-refractivity contribution in [3.05, 3.63) is 70.5 Å². The summed E-state index contributed by atoms with van der Waals surface area (Å²) in [7, 11) is 0. The molecule has 2 aromatic carbocycles. The van der Waals surface area contributed by atoms with E-state index in [4.69, 9.17) is 5.10 Å². The fraction of sp³-hybridized carbons (Fsp3) is 0.357. The normalized spacial score (nSPS) is 14.5. The van der Waals surface area contributed by atoms with Crippen molar-refractivity contribution in [1.29, 1.82) is 0 Å². The van der Waals surface area contributed by atoms with Gasteiger partial charge in [-0.2, -0.15) is 10.2 Å². The largest absolute Gasteiger partial charge is 0.353 e. The van der Waals surface area contributed by atoms with Crippen molar-refractivity contribution in [2.45, 2.75) is 47.5 Å². The lowest BCUT2D eigenvalue weighted by atomic mass is 9.95. The number of para-hydroxylation sites is 1. The molecule has 3 heterocycles. The highest BCUT2D eigenvalue weighted by atomic mass is 16.1. The third-order valence-corrected chi connectivity index (χ3v) is 7.08. The Balaban J connectivity index is 1.36. The van der Waals surface area contributed by atoms with Crippen LogP contribution in [-0.4, -0.2) is 39.0 Å². The van der Waals surface area contributed by atoms with Crippen LogP contribution in [0.5, 0.6) is 0 Å². The fourth-order valence-corrected chi connectivity index (χ4v) is 5.30. The molecule has 0 radical (unpaired) electrons. The summed E-state index contributed by atoms with van der Waals surface area (Å²) >= 11 is 0. The van der Waals surface area contributed by atoms with Gasteiger partial charge in [0.15, 0.2) is 5.82 Å². The molecule has 180 valence electrons. The van der Waals surface area contributed by atoms with Gasteiger partial charge in [-0.05, 0) is 70.7 Å². The van der Waals surface area contributed by atoms with Crippen molar-refractivity contribution in [2.75, 3.05) is 23.3 Å². The summed E-state index contributed by atoms with van der Waals surface area (Å²) in [6.07, 6.45) is 1.54. The molecule has 35 heavy (non-hydrogen) atoms. The predicted octanol–water partition coefficient (Wildman–Crippen LogP) is 5.21. The zero-order valence-corrected chi connectivity index (χ0v) is 21.1. The molecule has 0 saturated carbocycles. The lowest BCUT2D eigenvalue weighted by Crippen LogP contribution is -2.39. The van der Waals surface area contributed by atoms with E-state index in [0.29, 0.717) is 0 Å². The number of piperidine rings is 1. The molecule has 1 N–H and O–H groups in total. The lowest BCUT2D eigenvalue weighted by molar-refractivity contribution is -0.120. The van der Waals surface area contributed by atoms with Gasteiger partial charge in [0.05, 0.1) is 22.5 Å². The summed E-state index contributed by atoms with van der Waals surface area (Å²) in [5.74, 6) is 0.875. The van der Waals surface area contributed by atoms with Gasteiger partial charge in [0.25, 0.3) is 0 Å². The van der Waals surface area contributed by atoms with Gasteiger partial charge < -0.3 is 10.2 Å². The molecular weight excluding hydrogens is 436 g/mol. The summed E-state index contributed by atoms with van der Waals surface area (Å²) in [5.41, 5.74) is 8.18. The average molecular weight is 469 g/mol. The number of hydrogen-bond donors (Lipinski definition) is 1. The Bertz CT molecular complexity index is 1380. The van der Waals surface area contributed by atoms with Gasteiger partial charge in [-0.15, -0.1) is 5.10 Å². The zero-order chi connectivity index (χ0) is 24.7.